The molecular weight excluding hydrogens is 256 g/mol. The zero-order valence-corrected chi connectivity index (χ0v) is 11.4. The predicted octanol–water partition coefficient (Wildman–Crippen LogP) is 1.70. The lowest BCUT2D eigenvalue weighted by atomic mass is 10.0. The number of fused-ring (bicyclic) bond motifs is 1. The highest BCUT2D eigenvalue weighted by Gasteiger charge is 2.35. The molecule has 5 nitrogen and oxygen atoms in total. The van der Waals surface area contributed by atoms with Crippen molar-refractivity contribution in [1.29, 1.82) is 0 Å². The first kappa shape index (κ1) is 13.1. The monoisotopic (exact) mass is 274 g/mol. The van der Waals surface area contributed by atoms with Gasteiger partial charge in [-0.05, 0) is 12.1 Å². The van der Waals surface area contributed by atoms with Gasteiger partial charge >= 0.3 is 0 Å². The summed E-state index contributed by atoms with van der Waals surface area (Å²) in [6.45, 7) is 1.66. The minimum Gasteiger partial charge on any atom is -0.378 e. The summed E-state index contributed by atoms with van der Waals surface area (Å²) in [6.07, 6.45) is 2.64. The molecule has 1 saturated heterocycles. The summed E-state index contributed by atoms with van der Waals surface area (Å²) < 4.78 is 10.9. The Hall–Kier alpha value is -1.85. The van der Waals surface area contributed by atoms with Crippen molar-refractivity contribution in [3.05, 3.63) is 36.0 Å². The van der Waals surface area contributed by atoms with Crippen LogP contribution in [0.3, 0.4) is 0 Å². The number of aromatic nitrogens is 1. The SMILES string of the molecule is COC1(CNC(=O)c2cccc3cc[nH]c23)CCOC1. The molecule has 1 aromatic heterocycles. The highest BCUT2D eigenvalue weighted by atomic mass is 16.5. The molecule has 1 unspecified atom stereocenters. The first-order chi connectivity index (χ1) is 9.74. The van der Waals surface area contributed by atoms with Gasteiger partial charge in [-0.2, -0.15) is 0 Å². The second-order valence-corrected chi connectivity index (χ2v) is 5.12. The zero-order chi connectivity index (χ0) is 14.0. The van der Waals surface area contributed by atoms with E-state index in [9.17, 15) is 4.79 Å². The molecule has 0 aliphatic carbocycles. The molecule has 1 amide bonds. The number of carbonyl (C=O) groups is 1. The van der Waals surface area contributed by atoms with Crippen molar-refractivity contribution in [2.24, 2.45) is 0 Å². The van der Waals surface area contributed by atoms with Crippen molar-refractivity contribution >= 4 is 16.8 Å². The molecule has 20 heavy (non-hydrogen) atoms. The van der Waals surface area contributed by atoms with E-state index in [0.29, 0.717) is 25.3 Å². The Morgan fingerprint density at radius 3 is 3.15 bits per heavy atom. The molecule has 3 rings (SSSR count). The zero-order valence-electron chi connectivity index (χ0n) is 11.4. The molecule has 2 heterocycles. The molecule has 2 N–H and O–H groups in total. The van der Waals surface area contributed by atoms with E-state index in [4.69, 9.17) is 9.47 Å². The highest BCUT2D eigenvalue weighted by Crippen LogP contribution is 2.22. The Morgan fingerprint density at radius 1 is 1.50 bits per heavy atom. The topological polar surface area (TPSA) is 63.3 Å². The van der Waals surface area contributed by atoms with Crippen molar-refractivity contribution in [1.82, 2.24) is 10.3 Å². The molecule has 0 radical (unpaired) electrons. The quantitative estimate of drug-likeness (QED) is 0.892. The molecule has 5 heteroatoms. The molecule has 1 atom stereocenters. The summed E-state index contributed by atoms with van der Waals surface area (Å²) in [5.74, 6) is -0.0959. The number of hydrogen-bond donors (Lipinski definition) is 2. The van der Waals surface area contributed by atoms with E-state index in [1.165, 1.54) is 0 Å². The van der Waals surface area contributed by atoms with Gasteiger partial charge in [0, 0.05) is 38.3 Å². The highest BCUT2D eigenvalue weighted by molar-refractivity contribution is 6.05. The Bertz CT molecular complexity index is 614. The largest absolute Gasteiger partial charge is 0.378 e. The molecule has 0 spiro atoms. The maximum absolute atomic E-state index is 12.3. The number of ether oxygens (including phenoxy) is 2. The molecule has 0 bridgehead atoms. The van der Waals surface area contributed by atoms with Gasteiger partial charge in [0.05, 0.1) is 17.7 Å². The summed E-state index contributed by atoms with van der Waals surface area (Å²) in [5, 5.41) is 3.98. The van der Waals surface area contributed by atoms with Crippen LogP contribution in [0.2, 0.25) is 0 Å². The van der Waals surface area contributed by atoms with Crippen LogP contribution in [0.5, 0.6) is 0 Å². The fourth-order valence-corrected chi connectivity index (χ4v) is 2.57. The number of nitrogens with one attached hydrogen (secondary N) is 2. The summed E-state index contributed by atoms with van der Waals surface area (Å²) in [5.41, 5.74) is 1.12. The number of amides is 1. The lowest BCUT2D eigenvalue weighted by Gasteiger charge is -2.25. The number of benzene rings is 1. The van der Waals surface area contributed by atoms with Crippen LogP contribution < -0.4 is 5.32 Å². The average Bonchev–Trinajstić information content (AvgIpc) is 3.13. The third-order valence-electron chi connectivity index (χ3n) is 3.90. The molecule has 106 valence electrons. The average molecular weight is 274 g/mol. The fourth-order valence-electron chi connectivity index (χ4n) is 2.57. The van der Waals surface area contributed by atoms with Crippen LogP contribution in [0.4, 0.5) is 0 Å². The van der Waals surface area contributed by atoms with Crippen LogP contribution >= 0.6 is 0 Å². The summed E-state index contributed by atoms with van der Waals surface area (Å²) in [4.78, 5) is 15.4. The minimum absolute atomic E-state index is 0.0959. The number of para-hydroxylation sites is 1. The normalized spacial score (nSPS) is 22.2. The van der Waals surface area contributed by atoms with E-state index in [0.717, 1.165) is 17.3 Å². The molecule has 1 aromatic carbocycles. The lowest BCUT2D eigenvalue weighted by molar-refractivity contribution is -0.0148. The summed E-state index contributed by atoms with van der Waals surface area (Å²) in [7, 11) is 1.66. The molecule has 0 saturated carbocycles. The predicted molar refractivity (Wildman–Crippen MR) is 75.8 cm³/mol. The van der Waals surface area contributed by atoms with Crippen LogP contribution in [0, 0.1) is 0 Å². The van der Waals surface area contributed by atoms with E-state index in [1.54, 1.807) is 7.11 Å². The Balaban J connectivity index is 1.75. The molecule has 1 aliphatic rings. The second kappa shape index (κ2) is 5.26. The first-order valence-corrected chi connectivity index (χ1v) is 6.71. The number of methoxy groups -OCH3 is 1. The van der Waals surface area contributed by atoms with E-state index >= 15 is 0 Å². The molecular formula is C15H18N2O3. The van der Waals surface area contributed by atoms with Gasteiger partial charge < -0.3 is 19.8 Å². The van der Waals surface area contributed by atoms with Crippen molar-refractivity contribution < 1.29 is 14.3 Å². The summed E-state index contributed by atoms with van der Waals surface area (Å²) >= 11 is 0. The molecule has 1 aliphatic heterocycles. The molecule has 2 aromatic rings. The smallest absolute Gasteiger partial charge is 0.253 e. The molecule has 1 fully saturated rings. The van der Waals surface area contributed by atoms with Gasteiger partial charge in [-0.25, -0.2) is 0 Å². The van der Waals surface area contributed by atoms with Gasteiger partial charge in [-0.3, -0.25) is 4.79 Å². The van der Waals surface area contributed by atoms with Crippen molar-refractivity contribution in [2.45, 2.75) is 12.0 Å². The van der Waals surface area contributed by atoms with Crippen LogP contribution in [0.15, 0.2) is 30.5 Å². The van der Waals surface area contributed by atoms with Gasteiger partial charge in [0.15, 0.2) is 0 Å². The van der Waals surface area contributed by atoms with E-state index in [2.05, 4.69) is 10.3 Å². The fraction of sp³-hybridized carbons (Fsp3) is 0.400. The van der Waals surface area contributed by atoms with Crippen LogP contribution in [0.1, 0.15) is 16.8 Å². The van der Waals surface area contributed by atoms with Crippen molar-refractivity contribution in [3.8, 4) is 0 Å². The van der Waals surface area contributed by atoms with Crippen LogP contribution in [0.25, 0.3) is 10.9 Å². The Kier molecular flexibility index (Phi) is 3.46. The van der Waals surface area contributed by atoms with E-state index in [1.807, 2.05) is 30.5 Å². The van der Waals surface area contributed by atoms with Gasteiger partial charge in [0.2, 0.25) is 0 Å². The lowest BCUT2D eigenvalue weighted by Crippen LogP contribution is -2.45. The Morgan fingerprint density at radius 2 is 2.40 bits per heavy atom. The van der Waals surface area contributed by atoms with Gasteiger partial charge in [-0.15, -0.1) is 0 Å². The number of aromatic amines is 1. The van der Waals surface area contributed by atoms with E-state index in [-0.39, 0.29) is 11.5 Å². The van der Waals surface area contributed by atoms with Gasteiger partial charge in [-0.1, -0.05) is 12.1 Å². The van der Waals surface area contributed by atoms with E-state index < -0.39 is 0 Å². The summed E-state index contributed by atoms with van der Waals surface area (Å²) in [6, 6.07) is 7.63. The number of hydrogen-bond acceptors (Lipinski definition) is 3. The third-order valence-corrected chi connectivity index (χ3v) is 3.90. The maximum atomic E-state index is 12.3. The third kappa shape index (κ3) is 2.30. The number of carbonyl (C=O) groups excluding carboxylic acids is 1. The second-order valence-electron chi connectivity index (χ2n) is 5.12. The number of rotatable bonds is 4. The standard InChI is InChI=1S/C15H18N2O3/c1-19-15(6-8-20-10-15)9-17-14(18)12-4-2-3-11-5-7-16-13(11)12/h2-5,7,16H,6,8-10H2,1H3,(H,17,18). The maximum Gasteiger partial charge on any atom is 0.253 e. The van der Waals surface area contributed by atoms with Crippen LogP contribution in [-0.2, 0) is 9.47 Å². The van der Waals surface area contributed by atoms with Crippen LogP contribution in [-0.4, -0.2) is 43.4 Å². The van der Waals surface area contributed by atoms with Crippen molar-refractivity contribution in [2.75, 3.05) is 26.9 Å². The first-order valence-electron chi connectivity index (χ1n) is 6.71. The number of H-pyrrole nitrogens is 1. The van der Waals surface area contributed by atoms with Gasteiger partial charge in [0.25, 0.3) is 5.91 Å². The van der Waals surface area contributed by atoms with Gasteiger partial charge in [0.1, 0.15) is 5.60 Å². The minimum atomic E-state index is -0.390. The van der Waals surface area contributed by atoms with Crippen molar-refractivity contribution in [3.63, 3.8) is 0 Å². The Labute approximate surface area is 117 Å².